The molecule has 0 bridgehead atoms. The summed E-state index contributed by atoms with van der Waals surface area (Å²) in [5.74, 6) is -2.62. The molecule has 11 heteroatoms. The van der Waals surface area contributed by atoms with Crippen molar-refractivity contribution in [2.45, 2.75) is 18.8 Å². The quantitative estimate of drug-likeness (QED) is 0.324. The van der Waals surface area contributed by atoms with E-state index < -0.39 is 27.9 Å². The molecule has 1 aliphatic rings. The molecule has 0 unspecified atom stereocenters. The molecule has 1 fully saturated rings. The molecule has 0 atom stereocenters. The third-order valence-electron chi connectivity index (χ3n) is 4.68. The van der Waals surface area contributed by atoms with Crippen molar-refractivity contribution in [3.63, 3.8) is 0 Å². The highest BCUT2D eigenvalue weighted by atomic mass is 32.2. The van der Waals surface area contributed by atoms with Gasteiger partial charge in [0.15, 0.2) is 11.8 Å². The Morgan fingerprint density at radius 1 is 1.31 bits per heavy atom. The summed E-state index contributed by atoms with van der Waals surface area (Å²) in [6, 6.07) is 9.27. The molecule has 29 heavy (non-hydrogen) atoms. The summed E-state index contributed by atoms with van der Waals surface area (Å²) in [5, 5.41) is 12.8. The van der Waals surface area contributed by atoms with Crippen LogP contribution in [-0.4, -0.2) is 50.4 Å². The van der Waals surface area contributed by atoms with E-state index in [1.807, 2.05) is 30.3 Å². The van der Waals surface area contributed by atoms with Crippen molar-refractivity contribution in [2.75, 3.05) is 5.88 Å². The van der Waals surface area contributed by atoms with Crippen molar-refractivity contribution in [1.82, 2.24) is 19.7 Å². The maximum absolute atomic E-state index is 13.0. The lowest BCUT2D eigenvalue weighted by molar-refractivity contribution is 0.0858. The third-order valence-corrected chi connectivity index (χ3v) is 5.26. The van der Waals surface area contributed by atoms with E-state index in [1.165, 1.54) is 6.20 Å². The van der Waals surface area contributed by atoms with Crippen LogP contribution >= 0.6 is 0 Å². The van der Waals surface area contributed by atoms with Crippen molar-refractivity contribution >= 4 is 32.9 Å². The highest BCUT2D eigenvalue weighted by Gasteiger charge is 2.36. The number of nitrogens with zero attached hydrogens (tertiary/aromatic N) is 4. The topological polar surface area (TPSA) is 155 Å². The van der Waals surface area contributed by atoms with E-state index in [2.05, 4.69) is 10.1 Å². The average Bonchev–Trinajstić information content (AvgIpc) is 3.42. The molecule has 4 N–H and O–H groups in total. The predicted molar refractivity (Wildman–Crippen MR) is 105 cm³/mol. The number of carbonyl (C=O) groups excluding carboxylic acids is 1. The van der Waals surface area contributed by atoms with Gasteiger partial charge in [-0.1, -0.05) is 6.07 Å². The van der Waals surface area contributed by atoms with Gasteiger partial charge in [0.25, 0.3) is 16.0 Å². The molecular weight excluding hydrogens is 396 g/mol. The minimum absolute atomic E-state index is 0.0721. The van der Waals surface area contributed by atoms with E-state index in [0.29, 0.717) is 10.6 Å². The van der Waals surface area contributed by atoms with Crippen LogP contribution in [0.1, 0.15) is 34.8 Å². The monoisotopic (exact) mass is 414 g/mol. The number of guanidine groups is 1. The Morgan fingerprint density at radius 2 is 2.07 bits per heavy atom. The van der Waals surface area contributed by atoms with Gasteiger partial charge >= 0.3 is 0 Å². The molecule has 0 saturated heterocycles. The Balaban J connectivity index is 1.84. The van der Waals surface area contributed by atoms with E-state index in [1.54, 1.807) is 10.9 Å². The van der Waals surface area contributed by atoms with Crippen molar-refractivity contribution in [3.8, 4) is 5.69 Å². The van der Waals surface area contributed by atoms with E-state index in [0.717, 1.165) is 29.4 Å². The first-order chi connectivity index (χ1) is 13.8. The fourth-order valence-corrected chi connectivity index (χ4v) is 3.86. The average molecular weight is 414 g/mol. The zero-order chi connectivity index (χ0) is 20.8. The second kappa shape index (κ2) is 6.94. The molecule has 3 aromatic rings. The summed E-state index contributed by atoms with van der Waals surface area (Å²) in [6.45, 7) is 0. The standard InChI is InChI=1S/C18H18N6O4S/c19-18(20)23(10-29(26,27)28)17(25)13-9-22-24(16(13)11-6-7-11)15-5-1-4-14-12(15)3-2-8-21-14/h1-5,8-9,11H,6-7,10H2,(H3,19,20)(H,26,27,28). The molecule has 150 valence electrons. The van der Waals surface area contributed by atoms with Gasteiger partial charge in [-0.3, -0.25) is 24.6 Å². The van der Waals surface area contributed by atoms with Crippen LogP contribution in [0.4, 0.5) is 0 Å². The maximum Gasteiger partial charge on any atom is 0.283 e. The minimum Gasteiger partial charge on any atom is -0.370 e. The fourth-order valence-electron chi connectivity index (χ4n) is 3.28. The summed E-state index contributed by atoms with van der Waals surface area (Å²) >= 11 is 0. The van der Waals surface area contributed by atoms with Crippen LogP contribution in [0.3, 0.4) is 0 Å². The van der Waals surface area contributed by atoms with Crippen molar-refractivity contribution in [2.24, 2.45) is 5.73 Å². The lowest BCUT2D eigenvalue weighted by Crippen LogP contribution is -2.44. The SMILES string of the molecule is N=C(N)N(CS(=O)(=O)O)C(=O)c1cnn(-c2cccc3ncccc23)c1C1CC1. The summed E-state index contributed by atoms with van der Waals surface area (Å²) in [7, 11) is -4.56. The van der Waals surface area contributed by atoms with Crippen molar-refractivity contribution < 1.29 is 17.8 Å². The molecule has 4 rings (SSSR count). The van der Waals surface area contributed by atoms with Gasteiger partial charge in [-0.25, -0.2) is 4.68 Å². The first-order valence-corrected chi connectivity index (χ1v) is 10.4. The summed E-state index contributed by atoms with van der Waals surface area (Å²) < 4.78 is 33.3. The van der Waals surface area contributed by atoms with Gasteiger partial charge < -0.3 is 5.73 Å². The van der Waals surface area contributed by atoms with Crippen molar-refractivity contribution in [3.05, 3.63) is 54.0 Å². The Morgan fingerprint density at radius 3 is 2.72 bits per heavy atom. The number of hydrogen-bond donors (Lipinski definition) is 3. The van der Waals surface area contributed by atoms with Crippen LogP contribution in [0, 0.1) is 5.41 Å². The van der Waals surface area contributed by atoms with Crippen LogP contribution in [0.5, 0.6) is 0 Å². The number of hydrogen-bond acceptors (Lipinski definition) is 6. The van der Waals surface area contributed by atoms with E-state index in [-0.39, 0.29) is 11.5 Å². The van der Waals surface area contributed by atoms with Gasteiger partial charge in [-0.15, -0.1) is 0 Å². The lowest BCUT2D eigenvalue weighted by Gasteiger charge is -2.19. The lowest BCUT2D eigenvalue weighted by atomic mass is 10.1. The van der Waals surface area contributed by atoms with Crippen LogP contribution in [0.15, 0.2) is 42.7 Å². The smallest absolute Gasteiger partial charge is 0.283 e. The largest absolute Gasteiger partial charge is 0.370 e. The number of aromatic nitrogens is 3. The fraction of sp³-hybridized carbons (Fsp3) is 0.222. The predicted octanol–water partition coefficient (Wildman–Crippen LogP) is 1.48. The molecule has 2 heterocycles. The zero-order valence-corrected chi connectivity index (χ0v) is 16.0. The summed E-state index contributed by atoms with van der Waals surface area (Å²) in [6.07, 6.45) is 4.73. The molecule has 2 aromatic heterocycles. The molecule has 0 aliphatic heterocycles. The molecule has 1 aromatic carbocycles. The second-order valence-corrected chi connectivity index (χ2v) is 8.23. The zero-order valence-electron chi connectivity index (χ0n) is 15.2. The Kier molecular flexibility index (Phi) is 4.55. The first kappa shape index (κ1) is 19.0. The Labute approximate surface area is 166 Å². The number of nitrogens with two attached hydrogens (primary N) is 1. The van der Waals surface area contributed by atoms with Gasteiger partial charge in [-0.05, 0) is 37.1 Å². The Bertz CT molecular complexity index is 1230. The normalized spacial score (nSPS) is 14.1. The second-order valence-electron chi connectivity index (χ2n) is 6.81. The highest BCUT2D eigenvalue weighted by molar-refractivity contribution is 7.85. The molecular formula is C18H18N6O4S. The van der Waals surface area contributed by atoms with E-state index in [4.69, 9.17) is 15.7 Å². The van der Waals surface area contributed by atoms with Gasteiger partial charge in [0.05, 0.1) is 28.7 Å². The van der Waals surface area contributed by atoms with E-state index >= 15 is 0 Å². The molecule has 1 aliphatic carbocycles. The van der Waals surface area contributed by atoms with Gasteiger partial charge in [-0.2, -0.15) is 13.5 Å². The number of rotatable bonds is 5. The first-order valence-electron chi connectivity index (χ1n) is 8.79. The summed E-state index contributed by atoms with van der Waals surface area (Å²) in [5.41, 5.74) is 7.66. The number of nitrogens with one attached hydrogen (secondary N) is 1. The molecule has 0 radical (unpaired) electrons. The third kappa shape index (κ3) is 3.69. The van der Waals surface area contributed by atoms with Gasteiger partial charge in [0, 0.05) is 17.5 Å². The number of fused-ring (bicyclic) bond motifs is 1. The van der Waals surface area contributed by atoms with Crippen LogP contribution in [0.25, 0.3) is 16.6 Å². The van der Waals surface area contributed by atoms with Crippen molar-refractivity contribution in [1.29, 1.82) is 5.41 Å². The molecule has 10 nitrogen and oxygen atoms in total. The minimum atomic E-state index is -4.56. The number of amides is 1. The van der Waals surface area contributed by atoms with Gasteiger partial charge in [0.2, 0.25) is 0 Å². The van der Waals surface area contributed by atoms with Crippen LogP contribution < -0.4 is 5.73 Å². The molecule has 1 amide bonds. The number of carbonyl (C=O) groups is 1. The summed E-state index contributed by atoms with van der Waals surface area (Å²) in [4.78, 5) is 17.8. The van der Waals surface area contributed by atoms with E-state index in [9.17, 15) is 13.2 Å². The highest BCUT2D eigenvalue weighted by Crippen LogP contribution is 2.43. The maximum atomic E-state index is 13.0. The number of pyridine rings is 1. The van der Waals surface area contributed by atoms with Crippen LogP contribution in [0.2, 0.25) is 0 Å². The number of benzene rings is 1. The molecule has 0 spiro atoms. The Hall–Kier alpha value is -3.31. The van der Waals surface area contributed by atoms with Gasteiger partial charge in [0.1, 0.15) is 0 Å². The van der Waals surface area contributed by atoms with Crippen LogP contribution in [-0.2, 0) is 10.1 Å². The molecule has 1 saturated carbocycles.